The molecule has 1 amide bonds. The van der Waals surface area contributed by atoms with E-state index in [9.17, 15) is 9.90 Å². The zero-order valence-corrected chi connectivity index (χ0v) is 12.6. The minimum Gasteiger partial charge on any atom is -0.505 e. The van der Waals surface area contributed by atoms with Gasteiger partial charge in [-0.2, -0.15) is 10.4 Å². The third-order valence-corrected chi connectivity index (χ3v) is 3.46. The molecule has 3 N–H and O–H groups in total. The minimum absolute atomic E-state index is 0.0928. The van der Waals surface area contributed by atoms with Crippen molar-refractivity contribution in [2.45, 2.75) is 0 Å². The normalized spacial score (nSPS) is 10.8. The van der Waals surface area contributed by atoms with Crippen molar-refractivity contribution >= 4 is 28.2 Å². The summed E-state index contributed by atoms with van der Waals surface area (Å²) >= 11 is 0. The second-order valence-electron chi connectivity index (χ2n) is 4.87. The molecule has 0 bridgehead atoms. The third kappa shape index (κ3) is 2.55. The first-order valence-corrected chi connectivity index (χ1v) is 6.97. The number of amides is 1. The van der Waals surface area contributed by atoms with Crippen molar-refractivity contribution in [1.82, 2.24) is 15.5 Å². The summed E-state index contributed by atoms with van der Waals surface area (Å²) in [5.74, 6) is -0.546. The highest BCUT2D eigenvalue weighted by atomic mass is 16.3. The Labute approximate surface area is 136 Å². The van der Waals surface area contributed by atoms with Crippen LogP contribution in [0.15, 0.2) is 46.8 Å². The number of rotatable bonds is 3. The van der Waals surface area contributed by atoms with Crippen LogP contribution in [-0.2, 0) is 0 Å². The van der Waals surface area contributed by atoms with E-state index in [4.69, 9.17) is 5.26 Å². The van der Waals surface area contributed by atoms with Crippen LogP contribution in [0, 0.1) is 11.3 Å². The van der Waals surface area contributed by atoms with Gasteiger partial charge in [0.2, 0.25) is 0 Å². The lowest BCUT2D eigenvalue weighted by Gasteiger charge is -2.09. The molecule has 0 saturated heterocycles. The zero-order valence-electron chi connectivity index (χ0n) is 12.6. The van der Waals surface area contributed by atoms with Crippen LogP contribution < -0.4 is 5.32 Å². The lowest BCUT2D eigenvalue weighted by Crippen LogP contribution is -2.17. The third-order valence-electron chi connectivity index (χ3n) is 3.46. The van der Waals surface area contributed by atoms with Crippen molar-refractivity contribution in [3.8, 4) is 11.8 Å². The Morgan fingerprint density at radius 2 is 2.17 bits per heavy atom. The number of phenols is 1. The lowest BCUT2D eigenvalue weighted by molar-refractivity contribution is 0.0960. The van der Waals surface area contributed by atoms with E-state index in [0.717, 1.165) is 5.39 Å². The SMILES string of the molecule is CNC(=O)c1cc2ccccc2c(N=Nc2[nH]ncc2C#N)c1O. The molecule has 8 nitrogen and oxygen atoms in total. The maximum Gasteiger partial charge on any atom is 0.254 e. The summed E-state index contributed by atoms with van der Waals surface area (Å²) in [5.41, 5.74) is 0.463. The first kappa shape index (κ1) is 15.2. The number of fused-ring (bicyclic) bond motifs is 1. The fourth-order valence-electron chi connectivity index (χ4n) is 2.26. The van der Waals surface area contributed by atoms with E-state index in [1.807, 2.05) is 12.1 Å². The van der Waals surface area contributed by atoms with Crippen molar-refractivity contribution in [3.05, 3.63) is 47.7 Å². The molecule has 2 aromatic carbocycles. The van der Waals surface area contributed by atoms with Crippen molar-refractivity contribution < 1.29 is 9.90 Å². The Morgan fingerprint density at radius 3 is 2.92 bits per heavy atom. The molecule has 0 radical (unpaired) electrons. The molecule has 0 unspecified atom stereocenters. The van der Waals surface area contributed by atoms with Crippen LogP contribution in [0.2, 0.25) is 0 Å². The first-order valence-electron chi connectivity index (χ1n) is 6.97. The molecule has 24 heavy (non-hydrogen) atoms. The number of carbonyl (C=O) groups excluding carboxylic acids is 1. The van der Waals surface area contributed by atoms with Gasteiger partial charge < -0.3 is 10.4 Å². The summed E-state index contributed by atoms with van der Waals surface area (Å²) in [7, 11) is 1.47. The number of nitrogens with one attached hydrogen (secondary N) is 2. The molecule has 8 heteroatoms. The summed E-state index contributed by atoms with van der Waals surface area (Å²) in [6.07, 6.45) is 1.33. The number of nitriles is 1. The summed E-state index contributed by atoms with van der Waals surface area (Å²) in [6.45, 7) is 0. The molecule has 0 aliphatic rings. The van der Waals surface area contributed by atoms with Gasteiger partial charge in [0, 0.05) is 12.4 Å². The Balaban J connectivity index is 2.20. The Bertz CT molecular complexity index is 999. The van der Waals surface area contributed by atoms with Gasteiger partial charge in [0.25, 0.3) is 5.91 Å². The smallest absolute Gasteiger partial charge is 0.254 e. The molecule has 0 aliphatic heterocycles. The molecule has 0 atom stereocenters. The summed E-state index contributed by atoms with van der Waals surface area (Å²) < 4.78 is 0. The fraction of sp³-hybridized carbons (Fsp3) is 0.0625. The minimum atomic E-state index is -0.436. The molecule has 0 aliphatic carbocycles. The number of carbonyl (C=O) groups is 1. The molecule has 3 aromatic rings. The van der Waals surface area contributed by atoms with Crippen LogP contribution in [0.3, 0.4) is 0 Å². The van der Waals surface area contributed by atoms with Gasteiger partial charge >= 0.3 is 0 Å². The van der Waals surface area contributed by atoms with Crippen LogP contribution >= 0.6 is 0 Å². The van der Waals surface area contributed by atoms with Crippen LogP contribution in [-0.4, -0.2) is 28.3 Å². The molecule has 0 saturated carbocycles. The van der Waals surface area contributed by atoms with Gasteiger partial charge in [-0.25, -0.2) is 0 Å². The van der Waals surface area contributed by atoms with Crippen molar-refractivity contribution in [3.63, 3.8) is 0 Å². The van der Waals surface area contributed by atoms with Crippen LogP contribution in [0.1, 0.15) is 15.9 Å². The summed E-state index contributed by atoms with van der Waals surface area (Å²) in [4.78, 5) is 12.0. The van der Waals surface area contributed by atoms with Crippen molar-refractivity contribution in [1.29, 1.82) is 5.26 Å². The average Bonchev–Trinajstić information content (AvgIpc) is 3.07. The Morgan fingerprint density at radius 1 is 1.38 bits per heavy atom. The second-order valence-corrected chi connectivity index (χ2v) is 4.87. The van der Waals surface area contributed by atoms with Gasteiger partial charge in [0.05, 0.1) is 11.8 Å². The quantitative estimate of drug-likeness (QED) is 0.641. The van der Waals surface area contributed by atoms with E-state index in [-0.39, 0.29) is 28.4 Å². The molecule has 1 heterocycles. The number of aromatic nitrogens is 2. The van der Waals surface area contributed by atoms with Gasteiger partial charge in [0.15, 0.2) is 11.6 Å². The largest absolute Gasteiger partial charge is 0.505 e. The van der Waals surface area contributed by atoms with Crippen molar-refractivity contribution in [2.75, 3.05) is 7.05 Å². The molecule has 0 fully saturated rings. The van der Waals surface area contributed by atoms with E-state index in [2.05, 4.69) is 25.7 Å². The van der Waals surface area contributed by atoms with Gasteiger partial charge in [-0.3, -0.25) is 9.89 Å². The first-order chi connectivity index (χ1) is 11.7. The molecular formula is C16H12N6O2. The highest BCUT2D eigenvalue weighted by Gasteiger charge is 2.17. The molecule has 118 valence electrons. The molecule has 0 spiro atoms. The fourth-order valence-corrected chi connectivity index (χ4v) is 2.26. The van der Waals surface area contributed by atoms with E-state index in [1.54, 1.807) is 24.3 Å². The highest BCUT2D eigenvalue weighted by molar-refractivity contribution is 6.06. The molecule has 3 rings (SSSR count). The highest BCUT2D eigenvalue weighted by Crippen LogP contribution is 2.39. The van der Waals surface area contributed by atoms with Gasteiger partial charge in [-0.15, -0.1) is 10.2 Å². The van der Waals surface area contributed by atoms with Gasteiger partial charge in [0.1, 0.15) is 17.3 Å². The zero-order chi connectivity index (χ0) is 17.1. The standard InChI is InChI=1S/C16H12N6O2/c1-18-16(24)12-6-9-4-2-3-5-11(9)13(14(12)23)20-22-15-10(7-17)8-19-21-15/h2-6,8,23H,1H3,(H,18,24)(H,19,21). The maximum absolute atomic E-state index is 12.0. The van der Waals surface area contributed by atoms with Crippen LogP contribution in [0.5, 0.6) is 5.75 Å². The number of benzene rings is 2. The Kier molecular flexibility index (Phi) is 3.91. The summed E-state index contributed by atoms with van der Waals surface area (Å²) in [5, 5.41) is 37.5. The number of hydrogen-bond donors (Lipinski definition) is 3. The van der Waals surface area contributed by atoms with E-state index in [0.29, 0.717) is 5.39 Å². The lowest BCUT2D eigenvalue weighted by atomic mass is 10.0. The number of aromatic hydroxyl groups is 1. The van der Waals surface area contributed by atoms with Crippen molar-refractivity contribution in [2.24, 2.45) is 10.2 Å². The van der Waals surface area contributed by atoms with E-state index >= 15 is 0 Å². The number of aromatic amines is 1. The summed E-state index contributed by atoms with van der Waals surface area (Å²) in [6, 6.07) is 10.7. The van der Waals surface area contributed by atoms with Gasteiger partial charge in [-0.05, 0) is 11.5 Å². The van der Waals surface area contributed by atoms with E-state index < -0.39 is 5.91 Å². The monoisotopic (exact) mass is 320 g/mol. The topological polar surface area (TPSA) is 127 Å². The predicted octanol–water partition coefficient (Wildman–Crippen LogP) is 2.92. The Hall–Kier alpha value is -3.73. The van der Waals surface area contributed by atoms with E-state index in [1.165, 1.54) is 13.2 Å². The number of phenolic OH excluding ortho intramolecular Hbond substituents is 1. The maximum atomic E-state index is 12.0. The second kappa shape index (κ2) is 6.18. The average molecular weight is 320 g/mol. The van der Waals surface area contributed by atoms with Gasteiger partial charge in [-0.1, -0.05) is 24.3 Å². The van der Waals surface area contributed by atoms with Crippen LogP contribution in [0.4, 0.5) is 11.5 Å². The number of azo groups is 1. The molecule has 1 aromatic heterocycles. The number of H-pyrrole nitrogens is 1. The molecular weight excluding hydrogens is 308 g/mol. The predicted molar refractivity (Wildman–Crippen MR) is 86.5 cm³/mol. The van der Waals surface area contributed by atoms with Crippen LogP contribution in [0.25, 0.3) is 10.8 Å². The number of nitrogens with zero attached hydrogens (tertiary/aromatic N) is 4. The number of hydrogen-bond acceptors (Lipinski definition) is 6.